The Morgan fingerprint density at radius 2 is 1.80 bits per heavy atom. The summed E-state index contributed by atoms with van der Waals surface area (Å²) < 4.78 is 30.2. The number of hydrogen-bond donors (Lipinski definition) is 0. The summed E-state index contributed by atoms with van der Waals surface area (Å²) in [5, 5.41) is 0. The van der Waals surface area contributed by atoms with Crippen molar-refractivity contribution in [2.75, 3.05) is 0 Å². The van der Waals surface area contributed by atoms with E-state index in [0.29, 0.717) is 4.57 Å². The molecular formula is C13H11F2IN2O2. The highest BCUT2D eigenvalue weighted by Gasteiger charge is 2.33. The van der Waals surface area contributed by atoms with E-state index in [-0.39, 0.29) is 9.13 Å². The molecule has 7 heteroatoms. The smallest absolute Gasteiger partial charge is 0.302 e. The molecule has 0 bridgehead atoms. The average Bonchev–Trinajstić information content (AvgIpc) is 2.42. The summed E-state index contributed by atoms with van der Waals surface area (Å²) in [5.41, 5.74) is -1.69. The van der Waals surface area contributed by atoms with Crippen molar-refractivity contribution < 1.29 is 8.78 Å². The Morgan fingerprint density at radius 1 is 1.20 bits per heavy atom. The molecule has 2 aromatic rings. The molecule has 4 nitrogen and oxygen atoms in total. The lowest BCUT2D eigenvalue weighted by Crippen LogP contribution is -2.43. The predicted molar refractivity (Wildman–Crippen MR) is 79.0 cm³/mol. The Hall–Kier alpha value is -1.51. The van der Waals surface area contributed by atoms with E-state index in [1.54, 1.807) is 28.7 Å². The van der Waals surface area contributed by atoms with Crippen molar-refractivity contribution in [3.8, 4) is 0 Å². The second kappa shape index (κ2) is 5.47. The first-order chi connectivity index (χ1) is 9.33. The Kier molecular flexibility index (Phi) is 4.07. The van der Waals surface area contributed by atoms with Crippen molar-refractivity contribution in [3.05, 3.63) is 66.5 Å². The van der Waals surface area contributed by atoms with E-state index in [0.717, 1.165) is 4.57 Å². The lowest BCUT2D eigenvalue weighted by molar-refractivity contribution is -0.0246. The van der Waals surface area contributed by atoms with E-state index in [4.69, 9.17) is 0 Å². The number of aromatic nitrogens is 2. The summed E-state index contributed by atoms with van der Waals surface area (Å²) in [6.45, 7) is -0.973. The van der Waals surface area contributed by atoms with Crippen LogP contribution >= 0.6 is 22.6 Å². The maximum Gasteiger partial charge on any atom is 0.330 e. The maximum absolute atomic E-state index is 14.2. The van der Waals surface area contributed by atoms with Gasteiger partial charge in [0.2, 0.25) is 0 Å². The van der Waals surface area contributed by atoms with Gasteiger partial charge in [0.1, 0.15) is 0 Å². The van der Waals surface area contributed by atoms with Crippen molar-refractivity contribution >= 4 is 22.6 Å². The zero-order valence-electron chi connectivity index (χ0n) is 10.5. The molecule has 0 saturated carbocycles. The molecule has 0 spiro atoms. The van der Waals surface area contributed by atoms with Crippen LogP contribution in [0.3, 0.4) is 0 Å². The third-order valence-electron chi connectivity index (χ3n) is 2.84. The molecule has 0 unspecified atom stereocenters. The molecule has 0 N–H and O–H groups in total. The van der Waals surface area contributed by atoms with Gasteiger partial charge in [0.25, 0.3) is 11.5 Å². The standard InChI is InChI=1S/C13H11F2IN2O2/c1-17-7-10(16)11(19)18(12(17)20)8-13(14,15)9-5-3-2-4-6-9/h2-7H,8H2,1H3. The lowest BCUT2D eigenvalue weighted by atomic mass is 10.1. The molecule has 0 radical (unpaired) electrons. The molecule has 0 fully saturated rings. The van der Waals surface area contributed by atoms with Crippen LogP contribution in [0.1, 0.15) is 5.56 Å². The minimum atomic E-state index is -3.29. The minimum Gasteiger partial charge on any atom is -0.302 e. The Labute approximate surface area is 126 Å². The van der Waals surface area contributed by atoms with Gasteiger partial charge >= 0.3 is 5.69 Å². The molecule has 1 aromatic heterocycles. The van der Waals surface area contributed by atoms with E-state index in [1.165, 1.54) is 37.5 Å². The van der Waals surface area contributed by atoms with Crippen LogP contribution in [0.2, 0.25) is 0 Å². The number of alkyl halides is 2. The Bertz CT molecular complexity index is 704. The fraction of sp³-hybridized carbons (Fsp3) is 0.231. The molecule has 0 aliphatic rings. The minimum absolute atomic E-state index is 0.216. The third kappa shape index (κ3) is 2.82. The van der Waals surface area contributed by atoms with Gasteiger partial charge < -0.3 is 4.57 Å². The average molecular weight is 392 g/mol. The summed E-state index contributed by atoms with van der Waals surface area (Å²) in [5.74, 6) is -3.29. The Morgan fingerprint density at radius 3 is 2.40 bits per heavy atom. The SMILES string of the molecule is Cn1cc(I)c(=O)n(CC(F)(F)c2ccccc2)c1=O. The molecule has 2 rings (SSSR count). The van der Waals surface area contributed by atoms with E-state index in [2.05, 4.69) is 0 Å². The van der Waals surface area contributed by atoms with Gasteiger partial charge in [-0.05, 0) is 22.6 Å². The Balaban J connectivity index is 2.50. The summed E-state index contributed by atoms with van der Waals surface area (Å²) in [6.07, 6.45) is 1.32. The third-order valence-corrected chi connectivity index (χ3v) is 3.58. The van der Waals surface area contributed by atoms with Gasteiger partial charge in [-0.1, -0.05) is 30.3 Å². The van der Waals surface area contributed by atoms with Crippen molar-refractivity contribution in [2.24, 2.45) is 7.05 Å². The molecule has 0 saturated heterocycles. The first-order valence-corrected chi connectivity index (χ1v) is 6.80. The lowest BCUT2D eigenvalue weighted by Gasteiger charge is -2.18. The van der Waals surface area contributed by atoms with Crippen LogP contribution in [0.4, 0.5) is 8.78 Å². The maximum atomic E-state index is 14.2. The van der Waals surface area contributed by atoms with Crippen molar-refractivity contribution in [3.63, 3.8) is 0 Å². The molecule has 0 aliphatic carbocycles. The summed E-state index contributed by atoms with van der Waals surface area (Å²) in [4.78, 5) is 23.7. The molecule has 0 amide bonds. The summed E-state index contributed by atoms with van der Waals surface area (Å²) >= 11 is 1.72. The first kappa shape index (κ1) is 14.9. The van der Waals surface area contributed by atoms with E-state index < -0.39 is 23.7 Å². The highest BCUT2D eigenvalue weighted by molar-refractivity contribution is 14.1. The number of halogens is 3. The second-order valence-corrected chi connectivity index (χ2v) is 5.49. The fourth-order valence-electron chi connectivity index (χ4n) is 1.80. The van der Waals surface area contributed by atoms with Crippen LogP contribution in [0, 0.1) is 3.57 Å². The van der Waals surface area contributed by atoms with Crippen LogP contribution < -0.4 is 11.2 Å². The van der Waals surface area contributed by atoms with Crippen LogP contribution in [-0.4, -0.2) is 9.13 Å². The van der Waals surface area contributed by atoms with Crippen LogP contribution in [0.15, 0.2) is 46.1 Å². The largest absolute Gasteiger partial charge is 0.330 e. The van der Waals surface area contributed by atoms with E-state index in [1.807, 2.05) is 0 Å². The van der Waals surface area contributed by atoms with Crippen molar-refractivity contribution in [2.45, 2.75) is 12.5 Å². The fourth-order valence-corrected chi connectivity index (χ4v) is 2.51. The van der Waals surface area contributed by atoms with Crippen LogP contribution in [0.5, 0.6) is 0 Å². The quantitative estimate of drug-likeness (QED) is 0.750. The van der Waals surface area contributed by atoms with Gasteiger partial charge in [-0.25, -0.2) is 4.79 Å². The van der Waals surface area contributed by atoms with Gasteiger partial charge in [-0.15, -0.1) is 0 Å². The van der Waals surface area contributed by atoms with E-state index in [9.17, 15) is 18.4 Å². The number of aryl methyl sites for hydroxylation is 1. The number of benzene rings is 1. The van der Waals surface area contributed by atoms with Gasteiger partial charge in [0.15, 0.2) is 0 Å². The van der Waals surface area contributed by atoms with Crippen LogP contribution in [-0.2, 0) is 19.5 Å². The monoisotopic (exact) mass is 392 g/mol. The first-order valence-electron chi connectivity index (χ1n) is 5.72. The molecule has 20 heavy (non-hydrogen) atoms. The predicted octanol–water partition coefficient (Wildman–Crippen LogP) is 1.94. The zero-order valence-corrected chi connectivity index (χ0v) is 12.7. The van der Waals surface area contributed by atoms with Crippen molar-refractivity contribution in [1.82, 2.24) is 9.13 Å². The number of hydrogen-bond acceptors (Lipinski definition) is 2. The van der Waals surface area contributed by atoms with Crippen molar-refractivity contribution in [1.29, 1.82) is 0 Å². The van der Waals surface area contributed by atoms with Gasteiger partial charge in [0.05, 0.1) is 10.1 Å². The molecule has 0 aliphatic heterocycles. The highest BCUT2D eigenvalue weighted by Crippen LogP contribution is 2.28. The number of rotatable bonds is 3. The highest BCUT2D eigenvalue weighted by atomic mass is 127. The normalized spacial score (nSPS) is 11.6. The molecular weight excluding hydrogens is 381 g/mol. The molecule has 0 atom stereocenters. The summed E-state index contributed by atoms with van der Waals surface area (Å²) in [7, 11) is 1.42. The van der Waals surface area contributed by atoms with Gasteiger partial charge in [-0.2, -0.15) is 8.78 Å². The second-order valence-electron chi connectivity index (χ2n) is 4.33. The zero-order chi connectivity index (χ0) is 14.9. The summed E-state index contributed by atoms with van der Waals surface area (Å²) in [6, 6.07) is 7.13. The molecule has 1 heterocycles. The van der Waals surface area contributed by atoms with Crippen LogP contribution in [0.25, 0.3) is 0 Å². The topological polar surface area (TPSA) is 44.0 Å². The molecule has 1 aromatic carbocycles. The molecule has 106 valence electrons. The van der Waals surface area contributed by atoms with Gasteiger partial charge in [-0.3, -0.25) is 9.36 Å². The number of nitrogens with zero attached hydrogens (tertiary/aromatic N) is 2. The van der Waals surface area contributed by atoms with Gasteiger partial charge in [0, 0.05) is 18.8 Å². The van der Waals surface area contributed by atoms with E-state index >= 15 is 0 Å².